The Balaban J connectivity index is 1.99. The highest BCUT2D eigenvalue weighted by molar-refractivity contribution is 7.89. The van der Waals surface area contributed by atoms with Crippen LogP contribution in [0.25, 0.3) is 0 Å². The van der Waals surface area contributed by atoms with E-state index in [1.807, 2.05) is 0 Å². The van der Waals surface area contributed by atoms with Crippen LogP contribution in [0, 0.1) is 5.92 Å². The van der Waals surface area contributed by atoms with Crippen LogP contribution >= 0.6 is 0 Å². The number of sulfonamides is 1. The van der Waals surface area contributed by atoms with Gasteiger partial charge in [0.1, 0.15) is 0 Å². The first-order valence-electron chi connectivity index (χ1n) is 7.34. The van der Waals surface area contributed by atoms with Crippen LogP contribution in [0.2, 0.25) is 0 Å². The van der Waals surface area contributed by atoms with Crippen LogP contribution in [0.4, 0.5) is 5.69 Å². The molecule has 0 aliphatic heterocycles. The number of ether oxygens (including phenoxy) is 1. The van der Waals surface area contributed by atoms with Crippen molar-refractivity contribution in [1.82, 2.24) is 4.72 Å². The number of hydrogen-bond donors (Lipinski definition) is 2. The van der Waals surface area contributed by atoms with E-state index in [-0.39, 0.29) is 22.8 Å². The minimum absolute atomic E-state index is 0.00805. The Morgan fingerprint density at radius 2 is 1.95 bits per heavy atom. The molecule has 0 heterocycles. The van der Waals surface area contributed by atoms with E-state index in [0.717, 1.165) is 19.3 Å². The van der Waals surface area contributed by atoms with Gasteiger partial charge in [-0.3, -0.25) is 4.79 Å². The first kappa shape index (κ1) is 16.9. The summed E-state index contributed by atoms with van der Waals surface area (Å²) in [5, 5.41) is 2.81. The number of anilines is 1. The predicted octanol–water partition coefficient (Wildman–Crippen LogP) is 1.74. The molecule has 0 bridgehead atoms. The Hall–Kier alpha value is -1.44. The molecule has 0 aromatic heterocycles. The van der Waals surface area contributed by atoms with Gasteiger partial charge in [-0.1, -0.05) is 6.42 Å². The van der Waals surface area contributed by atoms with Gasteiger partial charge in [-0.25, -0.2) is 13.1 Å². The van der Waals surface area contributed by atoms with Gasteiger partial charge in [-0.15, -0.1) is 0 Å². The van der Waals surface area contributed by atoms with Crippen molar-refractivity contribution in [2.75, 3.05) is 19.0 Å². The lowest BCUT2D eigenvalue weighted by Crippen LogP contribution is -2.35. The summed E-state index contributed by atoms with van der Waals surface area (Å²) in [6.45, 7) is 2.03. The molecule has 0 spiro atoms. The van der Waals surface area contributed by atoms with Crippen LogP contribution < -0.4 is 10.0 Å². The fraction of sp³-hybridized carbons (Fsp3) is 0.533. The van der Waals surface area contributed by atoms with Crippen molar-refractivity contribution in [3.63, 3.8) is 0 Å². The van der Waals surface area contributed by atoms with Gasteiger partial charge in [0.2, 0.25) is 15.9 Å². The van der Waals surface area contributed by atoms with E-state index in [1.54, 1.807) is 19.1 Å². The van der Waals surface area contributed by atoms with Crippen LogP contribution in [0.15, 0.2) is 29.2 Å². The quantitative estimate of drug-likeness (QED) is 0.799. The predicted molar refractivity (Wildman–Crippen MR) is 84.1 cm³/mol. The van der Waals surface area contributed by atoms with Crippen LogP contribution in [-0.4, -0.2) is 34.1 Å². The highest BCUT2D eigenvalue weighted by Crippen LogP contribution is 2.27. The van der Waals surface area contributed by atoms with Crippen molar-refractivity contribution in [1.29, 1.82) is 0 Å². The maximum Gasteiger partial charge on any atom is 0.240 e. The lowest BCUT2D eigenvalue weighted by Gasteiger charge is -2.24. The van der Waals surface area contributed by atoms with E-state index in [4.69, 9.17) is 4.74 Å². The molecule has 0 radical (unpaired) electrons. The minimum atomic E-state index is -3.58. The molecule has 1 saturated carbocycles. The fourth-order valence-corrected chi connectivity index (χ4v) is 3.48. The zero-order chi connectivity index (χ0) is 16.2. The molecule has 22 heavy (non-hydrogen) atoms. The van der Waals surface area contributed by atoms with Crippen LogP contribution in [0.3, 0.4) is 0 Å². The van der Waals surface area contributed by atoms with E-state index in [0.29, 0.717) is 12.3 Å². The summed E-state index contributed by atoms with van der Waals surface area (Å²) in [6, 6.07) is 5.86. The average molecular weight is 326 g/mol. The van der Waals surface area contributed by atoms with Gasteiger partial charge in [0.15, 0.2) is 0 Å². The summed E-state index contributed by atoms with van der Waals surface area (Å²) in [4.78, 5) is 12.0. The minimum Gasteiger partial charge on any atom is -0.383 e. The van der Waals surface area contributed by atoms with E-state index in [2.05, 4.69) is 10.0 Å². The highest BCUT2D eigenvalue weighted by atomic mass is 32.2. The molecule has 1 aliphatic rings. The number of carbonyl (C=O) groups excluding carboxylic acids is 1. The standard InChI is InChI=1S/C15H22N2O4S/c1-11(10-21-2)17-22(19,20)14-8-6-13(7-9-14)16-15(18)12-4-3-5-12/h6-9,11-12,17H,3-5,10H2,1-2H3,(H,16,18)/t11-/m1/s1. The largest absolute Gasteiger partial charge is 0.383 e. The number of carbonyl (C=O) groups is 1. The van der Waals surface area contributed by atoms with Crippen molar-refractivity contribution in [3.8, 4) is 0 Å². The van der Waals surface area contributed by atoms with Crippen LogP contribution in [0.1, 0.15) is 26.2 Å². The van der Waals surface area contributed by atoms with Crippen LogP contribution in [0.5, 0.6) is 0 Å². The molecule has 7 heteroatoms. The molecule has 2 rings (SSSR count). The van der Waals surface area contributed by atoms with Crippen molar-refractivity contribution in [2.24, 2.45) is 5.92 Å². The molecule has 2 N–H and O–H groups in total. The third-order valence-corrected chi connectivity index (χ3v) is 5.29. The topological polar surface area (TPSA) is 84.5 Å². The van der Waals surface area contributed by atoms with Gasteiger partial charge in [-0.2, -0.15) is 0 Å². The second-order valence-corrected chi connectivity index (χ2v) is 7.33. The van der Waals surface area contributed by atoms with Gasteiger partial charge >= 0.3 is 0 Å². The normalized spacial score (nSPS) is 16.8. The fourth-order valence-electron chi connectivity index (χ4n) is 2.25. The number of methoxy groups -OCH3 is 1. The Morgan fingerprint density at radius 3 is 2.45 bits per heavy atom. The molecular formula is C15H22N2O4S. The van der Waals surface area contributed by atoms with E-state index in [1.165, 1.54) is 19.2 Å². The lowest BCUT2D eigenvalue weighted by atomic mass is 9.85. The molecule has 1 amide bonds. The maximum atomic E-state index is 12.2. The maximum absolute atomic E-state index is 12.2. The molecule has 0 saturated heterocycles. The van der Waals surface area contributed by atoms with E-state index < -0.39 is 10.0 Å². The molecule has 6 nitrogen and oxygen atoms in total. The number of hydrogen-bond acceptors (Lipinski definition) is 4. The summed E-state index contributed by atoms with van der Waals surface area (Å²) in [7, 11) is -2.06. The van der Waals surface area contributed by atoms with Gasteiger partial charge in [0.05, 0.1) is 11.5 Å². The average Bonchev–Trinajstić information content (AvgIpc) is 2.36. The number of amides is 1. The van der Waals surface area contributed by atoms with E-state index in [9.17, 15) is 13.2 Å². The molecular weight excluding hydrogens is 304 g/mol. The molecule has 1 aliphatic carbocycles. The van der Waals surface area contributed by atoms with Gasteiger partial charge in [0.25, 0.3) is 0 Å². The number of benzene rings is 1. The van der Waals surface area contributed by atoms with Gasteiger partial charge in [0, 0.05) is 24.8 Å². The molecule has 1 aromatic carbocycles. The summed E-state index contributed by atoms with van der Waals surface area (Å²) < 4.78 is 31.8. The Labute approximate surface area is 131 Å². The SMILES string of the molecule is COC[C@@H](C)NS(=O)(=O)c1ccc(NC(=O)C2CCC2)cc1. The third kappa shape index (κ3) is 4.28. The smallest absolute Gasteiger partial charge is 0.240 e. The highest BCUT2D eigenvalue weighted by Gasteiger charge is 2.25. The molecule has 1 atom stereocenters. The Morgan fingerprint density at radius 1 is 1.32 bits per heavy atom. The lowest BCUT2D eigenvalue weighted by molar-refractivity contribution is -0.122. The van der Waals surface area contributed by atoms with Crippen molar-refractivity contribution in [2.45, 2.75) is 37.1 Å². The first-order chi connectivity index (χ1) is 10.4. The summed E-state index contributed by atoms with van der Waals surface area (Å²) in [6.07, 6.45) is 2.96. The van der Waals surface area contributed by atoms with Gasteiger partial charge in [-0.05, 0) is 44.0 Å². The third-order valence-electron chi connectivity index (χ3n) is 3.68. The monoisotopic (exact) mass is 326 g/mol. The second-order valence-electron chi connectivity index (χ2n) is 5.62. The van der Waals surface area contributed by atoms with Crippen molar-refractivity contribution in [3.05, 3.63) is 24.3 Å². The molecule has 1 aromatic rings. The Kier molecular flexibility index (Phi) is 5.55. The number of rotatable bonds is 7. The Bertz CT molecular complexity index is 609. The van der Waals surface area contributed by atoms with Crippen molar-refractivity contribution >= 4 is 21.6 Å². The van der Waals surface area contributed by atoms with E-state index >= 15 is 0 Å². The van der Waals surface area contributed by atoms with Crippen molar-refractivity contribution < 1.29 is 17.9 Å². The molecule has 0 unspecified atom stereocenters. The summed E-state index contributed by atoms with van der Waals surface area (Å²) in [5.41, 5.74) is 0.612. The van der Waals surface area contributed by atoms with Gasteiger partial charge < -0.3 is 10.1 Å². The van der Waals surface area contributed by atoms with Crippen LogP contribution in [-0.2, 0) is 19.6 Å². The number of nitrogens with one attached hydrogen (secondary N) is 2. The second kappa shape index (κ2) is 7.21. The summed E-state index contributed by atoms with van der Waals surface area (Å²) in [5.74, 6) is 0.105. The summed E-state index contributed by atoms with van der Waals surface area (Å²) >= 11 is 0. The molecule has 122 valence electrons. The first-order valence-corrected chi connectivity index (χ1v) is 8.83. The zero-order valence-electron chi connectivity index (χ0n) is 12.8. The molecule has 1 fully saturated rings. The zero-order valence-corrected chi connectivity index (χ0v) is 13.7.